The van der Waals surface area contributed by atoms with Crippen molar-refractivity contribution in [1.82, 2.24) is 5.32 Å². The van der Waals surface area contributed by atoms with Gasteiger partial charge in [-0.05, 0) is 96.3 Å². The molecule has 9 unspecified atom stereocenters. The van der Waals surface area contributed by atoms with E-state index < -0.39 is 74.2 Å². The molecule has 0 aromatic heterocycles. The lowest BCUT2D eigenvalue weighted by molar-refractivity contribution is -0.303. The van der Waals surface area contributed by atoms with Crippen molar-refractivity contribution in [3.05, 3.63) is 60.8 Å². The molecule has 0 spiro atoms. The second-order valence-corrected chi connectivity index (χ2v) is 21.4. The Kier molecular flexibility index (Phi) is 48.7. The van der Waals surface area contributed by atoms with Gasteiger partial charge in [0.1, 0.15) is 36.6 Å². The Hall–Kier alpha value is -2.19. The molecule has 0 saturated carbocycles. The maximum Gasteiger partial charge on any atom is 0.249 e. The maximum atomic E-state index is 13.2. The molecule has 0 aromatic carbocycles. The molecule has 0 aromatic rings. The number of allylic oxidation sites excluding steroid dienone is 10. The maximum absolute atomic E-state index is 13.2. The molecule has 74 heavy (non-hydrogen) atoms. The lowest BCUT2D eigenvalue weighted by Crippen LogP contribution is -2.60. The number of ether oxygens (including phenoxy) is 2. The standard InChI is InChI=1S/C63H115NO10/c1-3-5-7-9-11-13-15-17-19-21-23-25-27-29-31-33-35-37-39-41-43-45-47-49-51-56(67)62(72)64-54(53-73-63-61(71)60(70)59(69)57(52-65)74-63)58(68)55(66)50-48-46-44-42-40-38-36-34-32-30-28-26-24-22-20-18-16-14-12-10-8-6-4-2/h23,25-26,28-29,31,34,36,42,44,54-61,63,65-71H,3-22,24,27,30,32-33,35,37-41,43,45-53H2,1-2H3,(H,64,72)/b25-23-,28-26+,31-29-,36-34+,44-42+. The van der Waals surface area contributed by atoms with Gasteiger partial charge in [0.15, 0.2) is 6.29 Å². The van der Waals surface area contributed by atoms with E-state index in [9.17, 15) is 40.5 Å². The van der Waals surface area contributed by atoms with Crippen molar-refractivity contribution in [2.75, 3.05) is 13.2 Å². The zero-order chi connectivity index (χ0) is 54.0. The lowest BCUT2D eigenvalue weighted by atomic mass is 9.98. The number of aliphatic hydroxyl groups is 7. The molecule has 11 nitrogen and oxygen atoms in total. The van der Waals surface area contributed by atoms with Gasteiger partial charge >= 0.3 is 0 Å². The first-order chi connectivity index (χ1) is 36.2. The minimum atomic E-state index is -1.68. The van der Waals surface area contributed by atoms with Crippen LogP contribution >= 0.6 is 0 Å². The molecule has 1 heterocycles. The van der Waals surface area contributed by atoms with Gasteiger partial charge in [-0.15, -0.1) is 0 Å². The van der Waals surface area contributed by atoms with E-state index in [1.165, 1.54) is 154 Å². The van der Waals surface area contributed by atoms with E-state index in [4.69, 9.17) is 9.47 Å². The number of hydrogen-bond acceptors (Lipinski definition) is 10. The molecular formula is C63H115NO10. The summed E-state index contributed by atoms with van der Waals surface area (Å²) in [5.74, 6) is -0.717. The summed E-state index contributed by atoms with van der Waals surface area (Å²) in [6.07, 6.45) is 55.6. The number of hydrogen-bond donors (Lipinski definition) is 8. The summed E-state index contributed by atoms with van der Waals surface area (Å²) in [5.41, 5.74) is 0. The first-order valence-electron chi connectivity index (χ1n) is 30.7. The third-order valence-corrected chi connectivity index (χ3v) is 14.5. The number of nitrogens with one attached hydrogen (secondary N) is 1. The normalized spacial score (nSPS) is 20.3. The second-order valence-electron chi connectivity index (χ2n) is 21.4. The second kappa shape index (κ2) is 51.6. The third-order valence-electron chi connectivity index (χ3n) is 14.5. The minimum Gasteiger partial charge on any atom is -0.394 e. The summed E-state index contributed by atoms with van der Waals surface area (Å²) in [5, 5.41) is 76.2. The van der Waals surface area contributed by atoms with Gasteiger partial charge in [0.25, 0.3) is 0 Å². The van der Waals surface area contributed by atoms with E-state index in [0.29, 0.717) is 19.3 Å². The van der Waals surface area contributed by atoms with Crippen LogP contribution in [-0.2, 0) is 14.3 Å². The van der Waals surface area contributed by atoms with Crippen LogP contribution in [0.5, 0.6) is 0 Å². The summed E-state index contributed by atoms with van der Waals surface area (Å²) in [4.78, 5) is 13.2. The van der Waals surface area contributed by atoms with E-state index in [1.54, 1.807) is 0 Å². The summed E-state index contributed by atoms with van der Waals surface area (Å²) in [7, 11) is 0. The van der Waals surface area contributed by atoms with Crippen LogP contribution in [0, 0.1) is 0 Å². The Morgan fingerprint density at radius 1 is 0.473 bits per heavy atom. The van der Waals surface area contributed by atoms with Gasteiger partial charge in [-0.3, -0.25) is 4.79 Å². The van der Waals surface area contributed by atoms with Gasteiger partial charge in [-0.1, -0.05) is 229 Å². The molecule has 1 saturated heterocycles. The van der Waals surface area contributed by atoms with Crippen molar-refractivity contribution >= 4 is 5.91 Å². The van der Waals surface area contributed by atoms with Gasteiger partial charge < -0.3 is 50.5 Å². The number of amides is 1. The fourth-order valence-electron chi connectivity index (χ4n) is 9.50. The van der Waals surface area contributed by atoms with Crippen molar-refractivity contribution in [1.29, 1.82) is 0 Å². The zero-order valence-electron chi connectivity index (χ0n) is 47.3. The average molecular weight is 1050 g/mol. The van der Waals surface area contributed by atoms with Crippen LogP contribution in [0.1, 0.15) is 264 Å². The highest BCUT2D eigenvalue weighted by molar-refractivity contribution is 5.80. The Labute approximate surface area is 452 Å². The van der Waals surface area contributed by atoms with Crippen LogP contribution in [0.3, 0.4) is 0 Å². The molecule has 1 fully saturated rings. The van der Waals surface area contributed by atoms with Gasteiger partial charge in [0.05, 0.1) is 25.4 Å². The molecule has 1 rings (SSSR count). The largest absolute Gasteiger partial charge is 0.394 e. The summed E-state index contributed by atoms with van der Waals surface area (Å²) >= 11 is 0. The van der Waals surface area contributed by atoms with E-state index >= 15 is 0 Å². The van der Waals surface area contributed by atoms with Gasteiger partial charge in [0.2, 0.25) is 5.91 Å². The first-order valence-corrected chi connectivity index (χ1v) is 30.7. The van der Waals surface area contributed by atoms with Crippen LogP contribution in [0.4, 0.5) is 0 Å². The summed E-state index contributed by atoms with van der Waals surface area (Å²) in [6, 6.07) is -1.20. The van der Waals surface area contributed by atoms with Crippen LogP contribution in [0.15, 0.2) is 60.8 Å². The predicted octanol–water partition coefficient (Wildman–Crippen LogP) is 13.4. The van der Waals surface area contributed by atoms with E-state index in [2.05, 4.69) is 79.9 Å². The number of aliphatic hydroxyl groups excluding tert-OH is 7. The Morgan fingerprint density at radius 2 is 0.851 bits per heavy atom. The van der Waals surface area contributed by atoms with E-state index in [-0.39, 0.29) is 12.8 Å². The van der Waals surface area contributed by atoms with Gasteiger partial charge in [-0.2, -0.15) is 0 Å². The van der Waals surface area contributed by atoms with Gasteiger partial charge in [0, 0.05) is 0 Å². The van der Waals surface area contributed by atoms with E-state index in [1.807, 2.05) is 0 Å². The zero-order valence-corrected chi connectivity index (χ0v) is 47.3. The van der Waals surface area contributed by atoms with Crippen LogP contribution < -0.4 is 5.32 Å². The van der Waals surface area contributed by atoms with Crippen molar-refractivity contribution < 1.29 is 50.0 Å². The molecule has 11 heteroatoms. The highest BCUT2D eigenvalue weighted by Gasteiger charge is 2.44. The monoisotopic (exact) mass is 1050 g/mol. The highest BCUT2D eigenvalue weighted by atomic mass is 16.7. The predicted molar refractivity (Wildman–Crippen MR) is 307 cm³/mol. The quantitative estimate of drug-likeness (QED) is 0.0215. The van der Waals surface area contributed by atoms with Crippen molar-refractivity contribution in [3.63, 3.8) is 0 Å². The summed E-state index contributed by atoms with van der Waals surface area (Å²) < 4.78 is 11.1. The molecule has 0 bridgehead atoms. The number of rotatable bonds is 52. The van der Waals surface area contributed by atoms with Crippen LogP contribution in [-0.4, -0.2) is 110 Å². The van der Waals surface area contributed by atoms with E-state index in [0.717, 1.165) is 64.2 Å². The highest BCUT2D eigenvalue weighted by Crippen LogP contribution is 2.23. The van der Waals surface area contributed by atoms with Crippen molar-refractivity contribution in [2.24, 2.45) is 0 Å². The topological polar surface area (TPSA) is 189 Å². The van der Waals surface area contributed by atoms with Crippen LogP contribution in [0.2, 0.25) is 0 Å². The molecule has 432 valence electrons. The Balaban J connectivity index is 2.34. The molecule has 1 amide bonds. The SMILES string of the molecule is CCCCCCCCCCC/C=C\C/C=C\CCCCCCCCCCC(O)C(=O)NC(COC1OC(CO)C(O)C(O)C1O)C(O)C(O)CCC/C=C/CC/C=C/CC/C=C/CCCCCCCCCCCC. The fourth-order valence-corrected chi connectivity index (χ4v) is 9.50. The first kappa shape index (κ1) is 69.8. The lowest BCUT2D eigenvalue weighted by Gasteiger charge is -2.40. The average Bonchev–Trinajstić information content (AvgIpc) is 3.40. The smallest absolute Gasteiger partial charge is 0.249 e. The molecule has 1 aliphatic rings. The Morgan fingerprint density at radius 3 is 1.28 bits per heavy atom. The van der Waals surface area contributed by atoms with Crippen molar-refractivity contribution in [2.45, 2.75) is 319 Å². The number of unbranched alkanes of at least 4 members (excludes halogenated alkanes) is 30. The molecular weight excluding hydrogens is 931 g/mol. The number of carbonyl (C=O) groups excluding carboxylic acids is 1. The molecule has 1 aliphatic heterocycles. The minimum absolute atomic E-state index is 0.238. The Bertz CT molecular complexity index is 1380. The summed E-state index contributed by atoms with van der Waals surface area (Å²) in [6.45, 7) is 3.45. The third kappa shape index (κ3) is 39.2. The fraction of sp³-hybridized carbons (Fsp3) is 0.825. The van der Waals surface area contributed by atoms with Crippen LogP contribution in [0.25, 0.3) is 0 Å². The molecule has 8 N–H and O–H groups in total. The molecule has 0 aliphatic carbocycles. The van der Waals surface area contributed by atoms with Crippen molar-refractivity contribution in [3.8, 4) is 0 Å². The molecule has 0 radical (unpaired) electrons. The van der Waals surface area contributed by atoms with Gasteiger partial charge in [-0.25, -0.2) is 0 Å². The molecule has 9 atom stereocenters. The number of carbonyl (C=O) groups is 1.